The molecule has 0 fully saturated rings. The highest BCUT2D eigenvalue weighted by molar-refractivity contribution is 5.11. The number of hydrogen-bond donors (Lipinski definition) is 2. The molecule has 14 heavy (non-hydrogen) atoms. The average Bonchev–Trinajstić information content (AvgIpc) is 2.61. The zero-order valence-electron chi connectivity index (χ0n) is 8.32. The lowest BCUT2D eigenvalue weighted by Crippen LogP contribution is -2.20. The predicted octanol–water partition coefficient (Wildman–Crippen LogP) is 0.602. The van der Waals surface area contributed by atoms with E-state index < -0.39 is 0 Å². The third kappa shape index (κ3) is 1.67. The van der Waals surface area contributed by atoms with Gasteiger partial charge in [-0.05, 0) is 19.3 Å². The number of aliphatic hydroxyl groups is 1. The molecule has 4 nitrogen and oxygen atoms in total. The van der Waals surface area contributed by atoms with Gasteiger partial charge in [-0.1, -0.05) is 0 Å². The molecule has 1 aliphatic heterocycles. The second-order valence-corrected chi connectivity index (χ2v) is 3.83. The molecule has 0 amide bonds. The maximum atomic E-state index is 8.83. The molecule has 0 aliphatic carbocycles. The van der Waals surface area contributed by atoms with E-state index in [0.717, 1.165) is 24.5 Å². The van der Waals surface area contributed by atoms with Crippen molar-refractivity contribution < 1.29 is 5.11 Å². The molecule has 0 bridgehead atoms. The van der Waals surface area contributed by atoms with E-state index in [1.807, 2.05) is 6.20 Å². The second-order valence-electron chi connectivity index (χ2n) is 3.83. The van der Waals surface area contributed by atoms with Crippen molar-refractivity contribution in [3.8, 4) is 0 Å². The van der Waals surface area contributed by atoms with Gasteiger partial charge in [-0.2, -0.15) is 0 Å². The van der Waals surface area contributed by atoms with Gasteiger partial charge in [0.2, 0.25) is 0 Å². The molecule has 3 N–H and O–H groups in total. The number of nitrogens with two attached hydrogens (primary N) is 1. The molecule has 1 aliphatic rings. The monoisotopic (exact) mass is 195 g/mol. The summed E-state index contributed by atoms with van der Waals surface area (Å²) < 4.78 is 2.21. The van der Waals surface area contributed by atoms with Gasteiger partial charge in [0, 0.05) is 25.6 Å². The molecule has 4 heteroatoms. The first-order valence-corrected chi connectivity index (χ1v) is 5.23. The second kappa shape index (κ2) is 4.11. The third-order valence-electron chi connectivity index (χ3n) is 2.82. The van der Waals surface area contributed by atoms with Gasteiger partial charge in [-0.3, -0.25) is 0 Å². The Labute approximate surface area is 83.8 Å². The summed E-state index contributed by atoms with van der Waals surface area (Å²) >= 11 is 0. The topological polar surface area (TPSA) is 64.1 Å². The summed E-state index contributed by atoms with van der Waals surface area (Å²) in [6, 6.07) is -0.0700. The first kappa shape index (κ1) is 9.68. The van der Waals surface area contributed by atoms with Crippen LogP contribution in [0.3, 0.4) is 0 Å². The molecule has 0 aromatic carbocycles. The molecular weight excluding hydrogens is 178 g/mol. The minimum atomic E-state index is -0.0700. The van der Waals surface area contributed by atoms with Gasteiger partial charge in [0.15, 0.2) is 0 Å². The number of rotatable bonds is 3. The van der Waals surface area contributed by atoms with Crippen LogP contribution >= 0.6 is 0 Å². The van der Waals surface area contributed by atoms with Crippen molar-refractivity contribution in [2.45, 2.75) is 38.3 Å². The molecule has 2 rings (SSSR count). The third-order valence-corrected chi connectivity index (χ3v) is 2.82. The van der Waals surface area contributed by atoms with Gasteiger partial charge < -0.3 is 15.4 Å². The Balaban J connectivity index is 2.21. The van der Waals surface area contributed by atoms with E-state index in [9.17, 15) is 0 Å². The Morgan fingerprint density at radius 3 is 3.21 bits per heavy atom. The molecular formula is C10H17N3O. The molecule has 0 saturated heterocycles. The lowest BCUT2D eigenvalue weighted by Gasteiger charge is -2.19. The quantitative estimate of drug-likeness (QED) is 0.742. The Hall–Kier alpha value is -0.870. The van der Waals surface area contributed by atoms with Crippen LogP contribution < -0.4 is 5.73 Å². The summed E-state index contributed by atoms with van der Waals surface area (Å²) in [5.74, 6) is 1.15. The largest absolute Gasteiger partial charge is 0.396 e. The van der Waals surface area contributed by atoms with Crippen molar-refractivity contribution in [3.63, 3.8) is 0 Å². The molecule has 1 unspecified atom stereocenters. The van der Waals surface area contributed by atoms with E-state index in [1.165, 1.54) is 12.8 Å². The van der Waals surface area contributed by atoms with E-state index in [1.54, 1.807) is 0 Å². The number of imidazole rings is 1. The highest BCUT2D eigenvalue weighted by Gasteiger charge is 2.17. The minimum absolute atomic E-state index is 0.0700. The van der Waals surface area contributed by atoms with Crippen molar-refractivity contribution in [1.29, 1.82) is 0 Å². The molecule has 0 radical (unpaired) electrons. The first-order valence-electron chi connectivity index (χ1n) is 5.23. The lowest BCUT2D eigenvalue weighted by molar-refractivity contribution is 0.274. The fourth-order valence-electron chi connectivity index (χ4n) is 2.02. The van der Waals surface area contributed by atoms with E-state index >= 15 is 0 Å². The van der Waals surface area contributed by atoms with Crippen LogP contribution in [0, 0.1) is 0 Å². The highest BCUT2D eigenvalue weighted by Crippen LogP contribution is 2.21. The van der Waals surface area contributed by atoms with Crippen molar-refractivity contribution >= 4 is 0 Å². The van der Waals surface area contributed by atoms with Gasteiger partial charge in [-0.25, -0.2) is 4.98 Å². The van der Waals surface area contributed by atoms with E-state index in [0.29, 0.717) is 6.42 Å². The van der Waals surface area contributed by atoms with Crippen LogP contribution in [-0.4, -0.2) is 21.3 Å². The zero-order chi connectivity index (χ0) is 9.97. The van der Waals surface area contributed by atoms with Crippen molar-refractivity contribution in [2.75, 3.05) is 6.61 Å². The first-order chi connectivity index (χ1) is 6.83. The van der Waals surface area contributed by atoms with Gasteiger partial charge in [0.1, 0.15) is 5.82 Å². The van der Waals surface area contributed by atoms with Crippen molar-refractivity contribution in [1.82, 2.24) is 9.55 Å². The Morgan fingerprint density at radius 1 is 1.57 bits per heavy atom. The van der Waals surface area contributed by atoms with Crippen molar-refractivity contribution in [2.24, 2.45) is 5.73 Å². The van der Waals surface area contributed by atoms with E-state index in [4.69, 9.17) is 10.8 Å². The van der Waals surface area contributed by atoms with E-state index in [2.05, 4.69) is 9.55 Å². The Morgan fingerprint density at radius 2 is 2.43 bits per heavy atom. The summed E-state index contributed by atoms with van der Waals surface area (Å²) in [4.78, 5) is 4.36. The van der Waals surface area contributed by atoms with Crippen LogP contribution in [0.1, 0.15) is 36.8 Å². The molecule has 1 aromatic rings. The van der Waals surface area contributed by atoms with Crippen LogP contribution in [-0.2, 0) is 13.0 Å². The maximum Gasteiger partial charge on any atom is 0.108 e. The van der Waals surface area contributed by atoms with E-state index in [-0.39, 0.29) is 12.6 Å². The molecule has 0 saturated carbocycles. The summed E-state index contributed by atoms with van der Waals surface area (Å²) in [6.45, 7) is 1.17. The van der Waals surface area contributed by atoms with Gasteiger partial charge in [0.25, 0.3) is 0 Å². The molecule has 2 heterocycles. The fourth-order valence-corrected chi connectivity index (χ4v) is 2.02. The summed E-state index contributed by atoms with van der Waals surface area (Å²) in [5.41, 5.74) is 7.03. The molecule has 78 valence electrons. The number of fused-ring (bicyclic) bond motifs is 1. The van der Waals surface area contributed by atoms with Gasteiger partial charge >= 0.3 is 0 Å². The summed E-state index contributed by atoms with van der Waals surface area (Å²) in [5, 5.41) is 8.83. The van der Waals surface area contributed by atoms with Crippen LogP contribution in [0.25, 0.3) is 0 Å². The number of aliphatic hydroxyl groups excluding tert-OH is 1. The average molecular weight is 195 g/mol. The number of nitrogens with zero attached hydrogens (tertiary/aromatic N) is 2. The van der Waals surface area contributed by atoms with Crippen LogP contribution in [0.4, 0.5) is 0 Å². The van der Waals surface area contributed by atoms with Crippen LogP contribution in [0.5, 0.6) is 0 Å². The zero-order valence-corrected chi connectivity index (χ0v) is 8.32. The maximum absolute atomic E-state index is 8.83. The number of hydrogen-bond acceptors (Lipinski definition) is 3. The van der Waals surface area contributed by atoms with Gasteiger partial charge in [0.05, 0.1) is 11.9 Å². The standard InChI is InChI=1S/C10H17N3O/c11-8(4-6-14)9-7-12-10-3-1-2-5-13(9)10/h7-8,14H,1-6,11H2. The molecule has 0 spiro atoms. The fraction of sp³-hybridized carbons (Fsp3) is 0.700. The Bertz CT molecular complexity index is 308. The SMILES string of the molecule is NC(CCO)c1cnc2n1CCCC2. The van der Waals surface area contributed by atoms with Crippen LogP contribution in [0.15, 0.2) is 6.20 Å². The molecule has 1 aromatic heterocycles. The number of aromatic nitrogens is 2. The highest BCUT2D eigenvalue weighted by atomic mass is 16.3. The summed E-state index contributed by atoms with van der Waals surface area (Å²) in [6.07, 6.45) is 5.98. The normalized spacial score (nSPS) is 17.9. The smallest absolute Gasteiger partial charge is 0.108 e. The summed E-state index contributed by atoms with van der Waals surface area (Å²) in [7, 11) is 0. The Kier molecular flexibility index (Phi) is 2.84. The van der Waals surface area contributed by atoms with Crippen LogP contribution in [0.2, 0.25) is 0 Å². The van der Waals surface area contributed by atoms with Gasteiger partial charge in [-0.15, -0.1) is 0 Å². The van der Waals surface area contributed by atoms with Crippen molar-refractivity contribution in [3.05, 3.63) is 17.7 Å². The minimum Gasteiger partial charge on any atom is -0.396 e. The number of aryl methyl sites for hydroxylation is 1. The lowest BCUT2D eigenvalue weighted by atomic mass is 10.1. The molecule has 1 atom stereocenters. The predicted molar refractivity (Wildman–Crippen MR) is 53.8 cm³/mol.